The summed E-state index contributed by atoms with van der Waals surface area (Å²) in [4.78, 5) is 10.3. The van der Waals surface area contributed by atoms with Crippen LogP contribution in [0.1, 0.15) is 32.3 Å². The zero-order valence-corrected chi connectivity index (χ0v) is 11.9. The van der Waals surface area contributed by atoms with Gasteiger partial charge in [-0.1, -0.05) is 31.5 Å². The van der Waals surface area contributed by atoms with E-state index in [1.807, 2.05) is 13.8 Å². The molecule has 0 amide bonds. The van der Waals surface area contributed by atoms with Crippen LogP contribution in [0.5, 0.6) is 0 Å². The lowest BCUT2D eigenvalue weighted by atomic mass is 9.93. The molecule has 0 aliphatic carbocycles. The number of nitrogens with one attached hydrogen (secondary N) is 1. The highest BCUT2D eigenvalue weighted by Crippen LogP contribution is 2.25. The van der Waals surface area contributed by atoms with Crippen LogP contribution in [-0.4, -0.2) is 22.2 Å². The molecule has 5 nitrogen and oxygen atoms in total. The molecule has 0 atom stereocenters. The van der Waals surface area contributed by atoms with E-state index in [0.717, 1.165) is 18.4 Å². The molecule has 0 aliphatic rings. The maximum atomic E-state index is 10.8. The van der Waals surface area contributed by atoms with E-state index in [0.29, 0.717) is 6.54 Å². The first-order valence-electron chi connectivity index (χ1n) is 6.26. The van der Waals surface area contributed by atoms with Gasteiger partial charge in [-0.3, -0.25) is 10.1 Å². The highest BCUT2D eigenvalue weighted by molar-refractivity contribution is 6.32. The van der Waals surface area contributed by atoms with Crippen LogP contribution in [0.15, 0.2) is 18.2 Å². The summed E-state index contributed by atoms with van der Waals surface area (Å²) >= 11 is 5.76. The summed E-state index contributed by atoms with van der Waals surface area (Å²) in [6.45, 7) is 4.49. The van der Waals surface area contributed by atoms with Gasteiger partial charge in [0, 0.05) is 18.2 Å². The molecule has 0 spiro atoms. The van der Waals surface area contributed by atoms with Crippen LogP contribution in [0, 0.1) is 10.1 Å². The summed E-state index contributed by atoms with van der Waals surface area (Å²) < 4.78 is 0. The molecule has 0 fully saturated rings. The van der Waals surface area contributed by atoms with E-state index in [1.165, 1.54) is 12.1 Å². The van der Waals surface area contributed by atoms with Crippen LogP contribution < -0.4 is 5.32 Å². The minimum Gasteiger partial charge on any atom is -0.394 e. The van der Waals surface area contributed by atoms with E-state index in [-0.39, 0.29) is 22.9 Å². The van der Waals surface area contributed by atoms with Crippen molar-refractivity contribution in [2.45, 2.75) is 38.8 Å². The van der Waals surface area contributed by atoms with E-state index in [1.54, 1.807) is 6.07 Å². The second kappa shape index (κ2) is 6.84. The maximum Gasteiger partial charge on any atom is 0.288 e. The van der Waals surface area contributed by atoms with Gasteiger partial charge in [-0.15, -0.1) is 0 Å². The Balaban J connectivity index is 2.83. The van der Waals surface area contributed by atoms with Gasteiger partial charge >= 0.3 is 0 Å². The standard InChI is InChI=1S/C13H19ClN2O3/c1-3-13(4-2,9-17)15-8-10-5-6-11(14)12(7-10)16(18)19/h5-7,15,17H,3-4,8-9H2,1-2H3. The van der Waals surface area contributed by atoms with E-state index < -0.39 is 4.92 Å². The van der Waals surface area contributed by atoms with Crippen molar-refractivity contribution in [3.63, 3.8) is 0 Å². The smallest absolute Gasteiger partial charge is 0.288 e. The molecule has 1 rings (SSSR count). The molecule has 1 aromatic carbocycles. The van der Waals surface area contributed by atoms with Gasteiger partial charge in [0.25, 0.3) is 5.69 Å². The van der Waals surface area contributed by atoms with Crippen LogP contribution in [-0.2, 0) is 6.54 Å². The number of nitro groups is 1. The molecule has 2 N–H and O–H groups in total. The molecule has 0 bridgehead atoms. The SMILES string of the molecule is CCC(CC)(CO)NCc1ccc(Cl)c([N+](=O)[O-])c1. The first kappa shape index (κ1) is 15.9. The Labute approximate surface area is 117 Å². The number of rotatable bonds is 7. The molecule has 19 heavy (non-hydrogen) atoms. The quantitative estimate of drug-likeness (QED) is 0.597. The summed E-state index contributed by atoms with van der Waals surface area (Å²) in [6.07, 6.45) is 1.57. The second-order valence-corrected chi connectivity index (χ2v) is 4.95. The Kier molecular flexibility index (Phi) is 5.72. The zero-order chi connectivity index (χ0) is 14.5. The normalized spacial score (nSPS) is 11.6. The van der Waals surface area contributed by atoms with Crippen molar-refractivity contribution in [1.82, 2.24) is 5.32 Å². The summed E-state index contributed by atoms with van der Waals surface area (Å²) in [5, 5.41) is 23.7. The lowest BCUT2D eigenvalue weighted by molar-refractivity contribution is -0.384. The number of hydrogen-bond donors (Lipinski definition) is 2. The average molecular weight is 287 g/mol. The third-order valence-corrected chi connectivity index (χ3v) is 3.85. The number of nitrogens with zero attached hydrogens (tertiary/aromatic N) is 1. The van der Waals surface area contributed by atoms with Crippen LogP contribution in [0.2, 0.25) is 5.02 Å². The van der Waals surface area contributed by atoms with Gasteiger partial charge in [-0.2, -0.15) is 0 Å². The van der Waals surface area contributed by atoms with E-state index in [2.05, 4.69) is 5.32 Å². The number of hydrogen-bond acceptors (Lipinski definition) is 4. The first-order chi connectivity index (χ1) is 8.98. The van der Waals surface area contributed by atoms with Gasteiger partial charge in [0.1, 0.15) is 5.02 Å². The second-order valence-electron chi connectivity index (χ2n) is 4.54. The molecule has 0 saturated carbocycles. The lowest BCUT2D eigenvalue weighted by Crippen LogP contribution is -2.47. The number of nitro benzene ring substituents is 1. The Morgan fingerprint density at radius 2 is 2.05 bits per heavy atom. The largest absolute Gasteiger partial charge is 0.394 e. The number of benzene rings is 1. The van der Waals surface area contributed by atoms with Crippen LogP contribution >= 0.6 is 11.6 Å². The van der Waals surface area contributed by atoms with Crippen molar-refractivity contribution in [3.8, 4) is 0 Å². The highest BCUT2D eigenvalue weighted by atomic mass is 35.5. The fourth-order valence-electron chi connectivity index (χ4n) is 1.88. The van der Waals surface area contributed by atoms with Gasteiger partial charge < -0.3 is 10.4 Å². The Morgan fingerprint density at radius 3 is 2.53 bits per heavy atom. The van der Waals surface area contributed by atoms with E-state index in [4.69, 9.17) is 11.6 Å². The van der Waals surface area contributed by atoms with Gasteiger partial charge in [0.2, 0.25) is 0 Å². The summed E-state index contributed by atoms with van der Waals surface area (Å²) in [6, 6.07) is 4.73. The van der Waals surface area contributed by atoms with Crippen molar-refractivity contribution < 1.29 is 10.0 Å². The summed E-state index contributed by atoms with van der Waals surface area (Å²) in [5.74, 6) is 0. The fraction of sp³-hybridized carbons (Fsp3) is 0.538. The molecule has 106 valence electrons. The van der Waals surface area contributed by atoms with Gasteiger partial charge in [-0.05, 0) is 24.5 Å². The van der Waals surface area contributed by atoms with E-state index in [9.17, 15) is 15.2 Å². The predicted molar refractivity (Wildman–Crippen MR) is 75.3 cm³/mol. The molecule has 0 radical (unpaired) electrons. The Hall–Kier alpha value is -1.17. The molecule has 0 heterocycles. The highest BCUT2D eigenvalue weighted by Gasteiger charge is 2.24. The maximum absolute atomic E-state index is 10.8. The molecule has 0 aromatic heterocycles. The van der Waals surface area contributed by atoms with Crippen molar-refractivity contribution >= 4 is 17.3 Å². The van der Waals surface area contributed by atoms with E-state index >= 15 is 0 Å². The Bertz CT molecular complexity index is 439. The first-order valence-corrected chi connectivity index (χ1v) is 6.64. The fourth-order valence-corrected chi connectivity index (χ4v) is 2.06. The van der Waals surface area contributed by atoms with Crippen LogP contribution in [0.3, 0.4) is 0 Å². The van der Waals surface area contributed by atoms with Crippen molar-refractivity contribution in [1.29, 1.82) is 0 Å². The van der Waals surface area contributed by atoms with Crippen LogP contribution in [0.25, 0.3) is 0 Å². The summed E-state index contributed by atoms with van der Waals surface area (Å²) in [7, 11) is 0. The number of aliphatic hydroxyl groups is 1. The molecule has 1 aromatic rings. The lowest BCUT2D eigenvalue weighted by Gasteiger charge is -2.31. The average Bonchev–Trinajstić information content (AvgIpc) is 2.42. The van der Waals surface area contributed by atoms with Gasteiger partial charge in [-0.25, -0.2) is 0 Å². The molecular formula is C13H19ClN2O3. The third kappa shape index (κ3) is 3.89. The van der Waals surface area contributed by atoms with Gasteiger partial charge in [0.15, 0.2) is 0 Å². The number of aliphatic hydroxyl groups excluding tert-OH is 1. The topological polar surface area (TPSA) is 75.4 Å². The zero-order valence-electron chi connectivity index (χ0n) is 11.1. The van der Waals surface area contributed by atoms with Crippen molar-refractivity contribution in [3.05, 3.63) is 38.9 Å². The predicted octanol–water partition coefficient (Wildman–Crippen LogP) is 2.89. The molecule has 0 saturated heterocycles. The minimum absolute atomic E-state index is 0.0374. The molecule has 0 unspecified atom stereocenters. The number of halogens is 1. The van der Waals surface area contributed by atoms with Crippen LogP contribution in [0.4, 0.5) is 5.69 Å². The monoisotopic (exact) mass is 286 g/mol. The third-order valence-electron chi connectivity index (χ3n) is 3.53. The Morgan fingerprint density at radius 1 is 1.42 bits per heavy atom. The molecule has 0 aliphatic heterocycles. The van der Waals surface area contributed by atoms with Crippen molar-refractivity contribution in [2.75, 3.05) is 6.61 Å². The van der Waals surface area contributed by atoms with Crippen molar-refractivity contribution in [2.24, 2.45) is 0 Å². The summed E-state index contributed by atoms with van der Waals surface area (Å²) in [5.41, 5.74) is 0.341. The van der Waals surface area contributed by atoms with Gasteiger partial charge in [0.05, 0.1) is 11.5 Å². The molecular weight excluding hydrogens is 268 g/mol. The minimum atomic E-state index is -0.495. The molecule has 6 heteroatoms.